The third-order valence-corrected chi connectivity index (χ3v) is 4.60. The van der Waals surface area contributed by atoms with E-state index in [4.69, 9.17) is 4.42 Å². The summed E-state index contributed by atoms with van der Waals surface area (Å²) >= 11 is 0. The fourth-order valence-electron chi connectivity index (χ4n) is 3.07. The van der Waals surface area contributed by atoms with E-state index in [-0.39, 0.29) is 6.04 Å². The summed E-state index contributed by atoms with van der Waals surface area (Å²) in [5, 5.41) is 8.41. The molecule has 1 fully saturated rings. The van der Waals surface area contributed by atoms with Crippen LogP contribution in [0.2, 0.25) is 0 Å². The summed E-state index contributed by atoms with van der Waals surface area (Å²) in [5.41, 5.74) is 3.46. The summed E-state index contributed by atoms with van der Waals surface area (Å²) in [6.07, 6.45) is 4.16. The third-order valence-electron chi connectivity index (χ3n) is 4.60. The van der Waals surface area contributed by atoms with Gasteiger partial charge in [-0.2, -0.15) is 0 Å². The lowest BCUT2D eigenvalue weighted by molar-refractivity contribution is 0.236. The topological polar surface area (TPSA) is 55.1 Å². The maximum atomic E-state index is 5.83. The lowest BCUT2D eigenvalue weighted by Crippen LogP contribution is -2.26. The molecule has 1 atom stereocenters. The van der Waals surface area contributed by atoms with Crippen molar-refractivity contribution in [3.63, 3.8) is 0 Å². The van der Waals surface area contributed by atoms with Crippen LogP contribution in [0.25, 0.3) is 0 Å². The molecule has 0 amide bonds. The first kappa shape index (κ1) is 16.0. The first-order valence-electron chi connectivity index (χ1n) is 8.71. The summed E-state index contributed by atoms with van der Waals surface area (Å²) in [6.45, 7) is 2.69. The number of hydrogen-bond acceptors (Lipinski definition) is 5. The molecular formula is C20H22N4O. The maximum Gasteiger partial charge on any atom is 0.230 e. The molecule has 0 radical (unpaired) electrons. The highest BCUT2D eigenvalue weighted by atomic mass is 16.4. The maximum absolute atomic E-state index is 5.83. The Bertz CT molecular complexity index is 824. The van der Waals surface area contributed by atoms with Crippen LogP contribution in [0.3, 0.4) is 0 Å². The first-order valence-corrected chi connectivity index (χ1v) is 8.71. The van der Waals surface area contributed by atoms with Crippen molar-refractivity contribution in [1.82, 2.24) is 20.1 Å². The number of aryl methyl sites for hydroxylation is 1. The minimum Gasteiger partial charge on any atom is -0.424 e. The lowest BCUT2D eigenvalue weighted by atomic mass is 10.0. The molecule has 4 rings (SSSR count). The minimum atomic E-state index is 0.0399. The Kier molecular flexibility index (Phi) is 4.32. The Morgan fingerprint density at radius 2 is 1.92 bits per heavy atom. The number of benzene rings is 1. The second-order valence-corrected chi connectivity index (χ2v) is 6.79. The zero-order chi connectivity index (χ0) is 17.2. The van der Waals surface area contributed by atoms with Crippen LogP contribution in [0.4, 0.5) is 0 Å². The van der Waals surface area contributed by atoms with E-state index in [9.17, 15) is 0 Å². The molecule has 3 aromatic rings. The summed E-state index contributed by atoms with van der Waals surface area (Å²) in [4.78, 5) is 6.78. The number of hydrogen-bond donors (Lipinski definition) is 0. The van der Waals surface area contributed by atoms with E-state index >= 15 is 0 Å². The molecule has 1 aliphatic rings. The van der Waals surface area contributed by atoms with Gasteiger partial charge in [-0.1, -0.05) is 35.9 Å². The minimum absolute atomic E-state index is 0.0399. The monoisotopic (exact) mass is 334 g/mol. The highest BCUT2D eigenvalue weighted by molar-refractivity contribution is 5.30. The van der Waals surface area contributed by atoms with Crippen molar-refractivity contribution in [3.8, 4) is 0 Å². The van der Waals surface area contributed by atoms with E-state index in [1.807, 2.05) is 18.3 Å². The van der Waals surface area contributed by atoms with Crippen molar-refractivity contribution in [3.05, 3.63) is 77.3 Å². The molecule has 1 aliphatic carbocycles. The number of aromatic nitrogens is 3. The average Bonchev–Trinajstić information content (AvgIpc) is 3.38. The normalized spacial score (nSPS) is 15.5. The van der Waals surface area contributed by atoms with E-state index in [0.717, 1.165) is 24.4 Å². The van der Waals surface area contributed by atoms with Crippen LogP contribution in [-0.4, -0.2) is 27.1 Å². The molecule has 2 aromatic heterocycles. The van der Waals surface area contributed by atoms with Gasteiger partial charge >= 0.3 is 0 Å². The zero-order valence-electron chi connectivity index (χ0n) is 14.6. The van der Waals surface area contributed by atoms with E-state index < -0.39 is 0 Å². The molecule has 1 saturated carbocycles. The van der Waals surface area contributed by atoms with Gasteiger partial charge in [0.2, 0.25) is 11.8 Å². The second-order valence-electron chi connectivity index (χ2n) is 6.79. The van der Waals surface area contributed by atoms with Crippen LogP contribution in [0.5, 0.6) is 0 Å². The molecule has 5 heteroatoms. The van der Waals surface area contributed by atoms with Gasteiger partial charge in [0.15, 0.2) is 0 Å². The Morgan fingerprint density at radius 1 is 1.12 bits per heavy atom. The third kappa shape index (κ3) is 3.61. The quantitative estimate of drug-likeness (QED) is 0.685. The molecule has 0 bridgehead atoms. The largest absolute Gasteiger partial charge is 0.424 e. The van der Waals surface area contributed by atoms with Gasteiger partial charge in [0.05, 0.1) is 18.3 Å². The van der Waals surface area contributed by atoms with E-state index in [0.29, 0.717) is 18.4 Å². The molecule has 0 N–H and O–H groups in total. The molecule has 5 nitrogen and oxygen atoms in total. The Balaban J connectivity index is 1.60. The van der Waals surface area contributed by atoms with Crippen LogP contribution >= 0.6 is 0 Å². The van der Waals surface area contributed by atoms with Crippen molar-refractivity contribution in [1.29, 1.82) is 0 Å². The van der Waals surface area contributed by atoms with E-state index in [1.165, 1.54) is 11.1 Å². The number of rotatable bonds is 6. The molecule has 2 heterocycles. The Morgan fingerprint density at radius 3 is 2.60 bits per heavy atom. The first-order chi connectivity index (χ1) is 12.2. The van der Waals surface area contributed by atoms with Crippen LogP contribution < -0.4 is 0 Å². The fourth-order valence-corrected chi connectivity index (χ4v) is 3.07. The van der Waals surface area contributed by atoms with E-state index in [2.05, 4.69) is 64.4 Å². The van der Waals surface area contributed by atoms with Gasteiger partial charge in [-0.3, -0.25) is 9.88 Å². The lowest BCUT2D eigenvalue weighted by Gasteiger charge is -2.27. The van der Waals surface area contributed by atoms with Crippen molar-refractivity contribution >= 4 is 0 Å². The molecule has 1 aromatic carbocycles. The Hall–Kier alpha value is -2.53. The number of pyridine rings is 1. The van der Waals surface area contributed by atoms with Gasteiger partial charge in [-0.05, 0) is 44.5 Å². The molecule has 0 spiro atoms. The highest BCUT2D eigenvalue weighted by Gasteiger charge is 2.30. The molecular weight excluding hydrogens is 312 g/mol. The predicted molar refractivity (Wildman–Crippen MR) is 95.0 cm³/mol. The zero-order valence-corrected chi connectivity index (χ0v) is 14.6. The van der Waals surface area contributed by atoms with Crippen LogP contribution in [-0.2, 0) is 6.54 Å². The molecule has 25 heavy (non-hydrogen) atoms. The van der Waals surface area contributed by atoms with Gasteiger partial charge < -0.3 is 4.42 Å². The van der Waals surface area contributed by atoms with Gasteiger partial charge in [-0.15, -0.1) is 10.2 Å². The highest BCUT2D eigenvalue weighted by Crippen LogP contribution is 2.39. The molecule has 128 valence electrons. The standard InChI is InChI=1S/C20H22N4O/c1-14-6-8-15(9-7-14)19(17-5-3-4-12-21-17)24(2)13-18-22-23-20(25-18)16-10-11-16/h3-9,12,16,19H,10-11,13H2,1-2H3/t19-/m0/s1. The van der Waals surface area contributed by atoms with Gasteiger partial charge in [0.1, 0.15) is 0 Å². The number of nitrogens with zero attached hydrogens (tertiary/aromatic N) is 4. The summed E-state index contributed by atoms with van der Waals surface area (Å²) < 4.78 is 5.83. The van der Waals surface area contributed by atoms with E-state index in [1.54, 1.807) is 0 Å². The smallest absolute Gasteiger partial charge is 0.230 e. The van der Waals surface area contributed by atoms with Crippen molar-refractivity contribution in [2.24, 2.45) is 0 Å². The molecule has 0 aliphatic heterocycles. The predicted octanol–water partition coefficient (Wildman–Crippen LogP) is 3.87. The average molecular weight is 334 g/mol. The van der Waals surface area contributed by atoms with Gasteiger partial charge in [0, 0.05) is 12.1 Å². The van der Waals surface area contributed by atoms with Gasteiger partial charge in [-0.25, -0.2) is 0 Å². The van der Waals surface area contributed by atoms with Crippen LogP contribution in [0.1, 0.15) is 53.4 Å². The summed E-state index contributed by atoms with van der Waals surface area (Å²) in [6, 6.07) is 14.7. The Labute approximate surface area is 147 Å². The van der Waals surface area contributed by atoms with Crippen LogP contribution in [0, 0.1) is 6.92 Å². The second kappa shape index (κ2) is 6.76. The van der Waals surface area contributed by atoms with Gasteiger partial charge in [0.25, 0.3) is 0 Å². The van der Waals surface area contributed by atoms with Crippen LogP contribution in [0.15, 0.2) is 53.1 Å². The van der Waals surface area contributed by atoms with Crippen molar-refractivity contribution in [2.75, 3.05) is 7.05 Å². The summed E-state index contributed by atoms with van der Waals surface area (Å²) in [5.74, 6) is 1.93. The SMILES string of the molecule is Cc1ccc([C@@H](c2ccccn2)N(C)Cc2nnc(C3CC3)o2)cc1. The van der Waals surface area contributed by atoms with Crippen molar-refractivity contribution < 1.29 is 4.42 Å². The molecule has 0 unspecified atom stereocenters. The fraction of sp³-hybridized carbons (Fsp3) is 0.350. The van der Waals surface area contributed by atoms with Crippen molar-refractivity contribution in [2.45, 2.75) is 38.3 Å². The molecule has 0 saturated heterocycles. The summed E-state index contributed by atoms with van der Waals surface area (Å²) in [7, 11) is 2.07.